The molecule has 0 spiro atoms. The Hall–Kier alpha value is -2.41. The normalized spacial score (nSPS) is 14.8. The zero-order valence-electron chi connectivity index (χ0n) is 12.9. The van der Waals surface area contributed by atoms with Crippen LogP contribution in [-0.2, 0) is 0 Å². The summed E-state index contributed by atoms with van der Waals surface area (Å²) in [5.41, 5.74) is 10.1. The molecule has 0 fully saturated rings. The van der Waals surface area contributed by atoms with Crippen LogP contribution in [0.25, 0.3) is 0 Å². The smallest absolute Gasteiger partial charge is 0.427 e. The fourth-order valence-corrected chi connectivity index (χ4v) is 1.59. The van der Waals surface area contributed by atoms with Crippen LogP contribution in [-0.4, -0.2) is 23.9 Å². The number of benzene rings is 1. The van der Waals surface area contributed by atoms with Crippen LogP contribution in [0.5, 0.6) is 5.75 Å². The van der Waals surface area contributed by atoms with Gasteiger partial charge in [0.1, 0.15) is 0 Å². The third kappa shape index (κ3) is 3.69. The molecule has 1 rings (SSSR count). The molecule has 0 amide bonds. The second kappa shape index (κ2) is 6.64. The number of nitrogen functional groups attached to an aromatic ring is 2. The monoisotopic (exact) mass is 418 g/mol. The summed E-state index contributed by atoms with van der Waals surface area (Å²) in [6.45, 7) is 1.37. The molecular weight excluding hydrogens is 409 g/mol. The van der Waals surface area contributed by atoms with Gasteiger partial charge in [0.25, 0.3) is 0 Å². The van der Waals surface area contributed by atoms with Gasteiger partial charge < -0.3 is 16.2 Å². The molecule has 0 aliphatic rings. The minimum Gasteiger partial charge on any atom is -0.427 e. The summed E-state index contributed by atoms with van der Waals surface area (Å²) in [7, 11) is 0. The molecule has 0 atom stereocenters. The van der Waals surface area contributed by atoms with Crippen molar-refractivity contribution in [2.75, 3.05) is 11.5 Å². The van der Waals surface area contributed by atoms with Gasteiger partial charge in [-0.25, -0.2) is 0 Å². The lowest BCUT2D eigenvalue weighted by molar-refractivity contribution is -0.392. The maximum Gasteiger partial charge on any atom is 0.460 e. The van der Waals surface area contributed by atoms with E-state index in [1.807, 2.05) is 0 Å². The van der Waals surface area contributed by atoms with Gasteiger partial charge in [-0.3, -0.25) is 0 Å². The lowest BCUT2D eigenvalue weighted by Crippen LogP contribution is -2.61. The van der Waals surface area contributed by atoms with Gasteiger partial charge in [-0.1, -0.05) is 0 Å². The largest absolute Gasteiger partial charge is 0.460 e. The van der Waals surface area contributed by atoms with Gasteiger partial charge in [0.2, 0.25) is 5.83 Å². The van der Waals surface area contributed by atoms with Crippen LogP contribution in [0, 0.1) is 6.92 Å². The average molecular weight is 418 g/mol. The fraction of sp³-hybridized carbons (Fsp3) is 0.385. The van der Waals surface area contributed by atoms with Crippen LogP contribution < -0.4 is 16.2 Å². The van der Waals surface area contributed by atoms with Gasteiger partial charge >= 0.3 is 30.0 Å². The number of nitrogens with two attached hydrogens (primary N) is 2. The van der Waals surface area contributed by atoms with E-state index in [1.165, 1.54) is 6.92 Å². The van der Waals surface area contributed by atoms with Crippen molar-refractivity contribution in [2.24, 2.45) is 0 Å². The van der Waals surface area contributed by atoms with E-state index in [4.69, 9.17) is 11.5 Å². The molecule has 0 unspecified atom stereocenters. The quantitative estimate of drug-likeness (QED) is 0.397. The van der Waals surface area contributed by atoms with Gasteiger partial charge in [0.05, 0.1) is 5.69 Å². The number of rotatable bonds is 5. The van der Waals surface area contributed by atoms with E-state index >= 15 is 0 Å². The van der Waals surface area contributed by atoms with E-state index in [1.54, 1.807) is 0 Å². The highest BCUT2D eigenvalue weighted by atomic mass is 19.4. The minimum absolute atomic E-state index is 0.201. The Balaban J connectivity index is 3.39. The fourth-order valence-electron chi connectivity index (χ4n) is 1.59. The molecule has 0 aliphatic heterocycles. The number of anilines is 2. The number of hydrogen-bond donors (Lipinski definition) is 2. The summed E-state index contributed by atoms with van der Waals surface area (Å²) in [5, 5.41) is 0. The molecule has 1 aromatic rings. The number of aryl methyl sites for hydroxylation is 1. The van der Waals surface area contributed by atoms with Crippen LogP contribution in [0.4, 0.5) is 59.7 Å². The predicted octanol–water partition coefficient (Wildman–Crippen LogP) is 5.11. The second-order valence-electron chi connectivity index (χ2n) is 5.16. The molecule has 0 aromatic heterocycles. The Labute approximate surface area is 143 Å². The van der Waals surface area contributed by atoms with Gasteiger partial charge in [-0.2, -0.15) is 48.3 Å². The van der Waals surface area contributed by atoms with E-state index in [0.29, 0.717) is 6.07 Å². The summed E-state index contributed by atoms with van der Waals surface area (Å²) in [6, 6.07) is -1.59. The first-order valence-electron chi connectivity index (χ1n) is 6.47. The first-order chi connectivity index (χ1) is 11.9. The molecule has 27 heavy (non-hydrogen) atoms. The predicted molar refractivity (Wildman–Crippen MR) is 70.8 cm³/mol. The number of ether oxygens (including phenoxy) is 1. The Morgan fingerprint density at radius 1 is 0.815 bits per heavy atom. The molecule has 1 aromatic carbocycles. The molecule has 14 heteroatoms. The molecular formula is C13H9F11N2O. The number of alkyl halides is 9. The third-order valence-corrected chi connectivity index (χ3v) is 3.19. The van der Waals surface area contributed by atoms with Crippen molar-refractivity contribution in [3.63, 3.8) is 0 Å². The Morgan fingerprint density at radius 2 is 1.30 bits per heavy atom. The Morgan fingerprint density at radius 3 is 1.74 bits per heavy atom. The summed E-state index contributed by atoms with van der Waals surface area (Å²) >= 11 is 0. The van der Waals surface area contributed by atoms with Crippen molar-refractivity contribution in [3.8, 4) is 5.75 Å². The molecule has 0 heterocycles. The summed E-state index contributed by atoms with van der Waals surface area (Å²) < 4.78 is 144. The maximum absolute atomic E-state index is 13.5. The first-order valence-corrected chi connectivity index (χ1v) is 6.47. The molecule has 154 valence electrons. The SMILES string of the molecule is Cc1cc(N)c(OC(F)=C(F)C(F)(F)C(F)(F)C(F)(F)C(F)(F)F)cc1N. The number of hydrogen-bond acceptors (Lipinski definition) is 3. The molecule has 0 radical (unpaired) electrons. The summed E-state index contributed by atoms with van der Waals surface area (Å²) in [6.07, 6.45) is -7.19. The van der Waals surface area contributed by atoms with Crippen LogP contribution >= 0.6 is 0 Å². The van der Waals surface area contributed by atoms with Gasteiger partial charge in [0, 0.05) is 11.8 Å². The van der Waals surface area contributed by atoms with E-state index < -0.39 is 47.2 Å². The van der Waals surface area contributed by atoms with Crippen LogP contribution in [0.15, 0.2) is 24.0 Å². The Kier molecular flexibility index (Phi) is 5.56. The van der Waals surface area contributed by atoms with E-state index in [2.05, 4.69) is 4.74 Å². The molecule has 0 bridgehead atoms. The molecule has 0 aliphatic carbocycles. The van der Waals surface area contributed by atoms with Crippen LogP contribution in [0.3, 0.4) is 0 Å². The molecule has 3 nitrogen and oxygen atoms in total. The zero-order chi connectivity index (χ0) is 21.6. The lowest BCUT2D eigenvalue weighted by Gasteiger charge is -2.32. The van der Waals surface area contributed by atoms with Crippen molar-refractivity contribution < 1.29 is 53.0 Å². The zero-order valence-corrected chi connectivity index (χ0v) is 12.9. The molecule has 0 saturated carbocycles. The van der Waals surface area contributed by atoms with Crippen molar-refractivity contribution in [1.29, 1.82) is 0 Å². The van der Waals surface area contributed by atoms with Gasteiger partial charge in [0.15, 0.2) is 5.75 Å². The number of halogens is 11. The highest BCUT2D eigenvalue weighted by Crippen LogP contribution is 2.55. The average Bonchev–Trinajstić information content (AvgIpc) is 2.50. The van der Waals surface area contributed by atoms with E-state index in [0.717, 1.165) is 6.07 Å². The minimum atomic E-state index is -7.39. The van der Waals surface area contributed by atoms with Crippen LogP contribution in [0.2, 0.25) is 0 Å². The highest BCUT2D eigenvalue weighted by molar-refractivity contribution is 5.64. The lowest BCUT2D eigenvalue weighted by atomic mass is 10.0. The highest BCUT2D eigenvalue weighted by Gasteiger charge is 2.83. The standard InChI is InChI=1S/C13H9F11N2O/c1-4-2-6(26)7(3-5(4)25)27-9(15)8(14)10(16,17)11(18,19)12(20,21)13(22,23)24/h2-3H,25-26H2,1H3. The van der Waals surface area contributed by atoms with Crippen LogP contribution in [0.1, 0.15) is 5.56 Å². The van der Waals surface area contributed by atoms with E-state index in [9.17, 15) is 48.3 Å². The van der Waals surface area contributed by atoms with E-state index in [-0.39, 0.29) is 11.3 Å². The molecule has 4 N–H and O–H groups in total. The van der Waals surface area contributed by atoms with Crippen molar-refractivity contribution >= 4 is 11.4 Å². The topological polar surface area (TPSA) is 61.3 Å². The third-order valence-electron chi connectivity index (χ3n) is 3.19. The Bertz CT molecular complexity index is 755. The summed E-state index contributed by atoms with van der Waals surface area (Å²) in [5.74, 6) is -26.7. The summed E-state index contributed by atoms with van der Waals surface area (Å²) in [4.78, 5) is 0. The second-order valence-corrected chi connectivity index (χ2v) is 5.16. The van der Waals surface area contributed by atoms with Gasteiger partial charge in [-0.15, -0.1) is 0 Å². The van der Waals surface area contributed by atoms with Crippen molar-refractivity contribution in [2.45, 2.75) is 30.9 Å². The number of allylic oxidation sites excluding steroid dienone is 1. The molecule has 0 saturated heterocycles. The van der Waals surface area contributed by atoms with Gasteiger partial charge in [-0.05, 0) is 18.6 Å². The van der Waals surface area contributed by atoms with Crippen molar-refractivity contribution in [1.82, 2.24) is 0 Å². The van der Waals surface area contributed by atoms with Crippen molar-refractivity contribution in [3.05, 3.63) is 29.5 Å². The maximum atomic E-state index is 13.5. The first kappa shape index (κ1) is 22.6.